The molecule has 0 saturated heterocycles. The van der Waals surface area contributed by atoms with Gasteiger partial charge in [0.1, 0.15) is 18.3 Å². The molecule has 1 fully saturated rings. The lowest BCUT2D eigenvalue weighted by molar-refractivity contribution is -0.139. The van der Waals surface area contributed by atoms with Gasteiger partial charge in [-0.15, -0.1) is 0 Å². The quantitative estimate of drug-likeness (QED) is 0.283. The molecular weight excluding hydrogens is 574 g/mol. The normalized spacial score (nSPS) is 14.3. The molecular formula is C32H38ClN3O5S. The lowest BCUT2D eigenvalue weighted by Crippen LogP contribution is -2.52. The number of benzene rings is 3. The van der Waals surface area contributed by atoms with Gasteiger partial charge in [-0.1, -0.05) is 60.3 Å². The Labute approximate surface area is 253 Å². The molecule has 4 rings (SSSR count). The summed E-state index contributed by atoms with van der Waals surface area (Å²) in [4.78, 5) is 28.8. The zero-order valence-electron chi connectivity index (χ0n) is 24.3. The molecule has 0 aromatic heterocycles. The number of amides is 2. The van der Waals surface area contributed by atoms with E-state index in [9.17, 15) is 18.0 Å². The molecule has 1 saturated carbocycles. The van der Waals surface area contributed by atoms with Crippen molar-refractivity contribution in [2.45, 2.75) is 70.0 Å². The van der Waals surface area contributed by atoms with Crippen LogP contribution in [0.25, 0.3) is 0 Å². The number of ether oxygens (including phenoxy) is 1. The summed E-state index contributed by atoms with van der Waals surface area (Å²) in [6, 6.07) is 19.3. The second kappa shape index (κ2) is 14.1. The Morgan fingerprint density at radius 1 is 1.00 bits per heavy atom. The Hall–Kier alpha value is -3.56. The van der Waals surface area contributed by atoms with Crippen molar-refractivity contribution in [3.8, 4) is 5.75 Å². The van der Waals surface area contributed by atoms with Gasteiger partial charge < -0.3 is 15.0 Å². The fourth-order valence-electron chi connectivity index (χ4n) is 5.03. The molecule has 2 amide bonds. The van der Waals surface area contributed by atoms with Crippen LogP contribution in [-0.4, -0.2) is 50.4 Å². The van der Waals surface area contributed by atoms with Crippen LogP contribution in [0.4, 0.5) is 5.69 Å². The molecule has 3 aromatic rings. The van der Waals surface area contributed by atoms with E-state index >= 15 is 0 Å². The molecule has 1 aliphatic rings. The van der Waals surface area contributed by atoms with E-state index in [4.69, 9.17) is 16.3 Å². The molecule has 42 heavy (non-hydrogen) atoms. The molecule has 1 aliphatic carbocycles. The predicted octanol–water partition coefficient (Wildman–Crippen LogP) is 5.72. The van der Waals surface area contributed by atoms with Crippen LogP contribution in [-0.2, 0) is 26.2 Å². The molecule has 0 heterocycles. The summed E-state index contributed by atoms with van der Waals surface area (Å²) in [6.07, 6.45) is 3.91. The highest BCUT2D eigenvalue weighted by Gasteiger charge is 2.33. The zero-order valence-corrected chi connectivity index (χ0v) is 25.8. The van der Waals surface area contributed by atoms with E-state index in [0.717, 1.165) is 35.6 Å². The number of rotatable bonds is 12. The summed E-state index contributed by atoms with van der Waals surface area (Å²) >= 11 is 6.44. The average Bonchev–Trinajstić information content (AvgIpc) is 3.49. The van der Waals surface area contributed by atoms with E-state index in [0.29, 0.717) is 28.6 Å². The molecule has 8 nitrogen and oxygen atoms in total. The highest BCUT2D eigenvalue weighted by atomic mass is 35.5. The molecule has 0 spiro atoms. The number of carbonyl (C=O) groups excluding carboxylic acids is 2. The van der Waals surface area contributed by atoms with E-state index in [1.54, 1.807) is 61.5 Å². The van der Waals surface area contributed by atoms with Crippen LogP contribution in [0.5, 0.6) is 5.75 Å². The number of hydrogen-bond acceptors (Lipinski definition) is 5. The number of anilines is 1. The monoisotopic (exact) mass is 611 g/mol. The SMILES string of the molecule is CCOc1ccc(S(=O)(=O)N(CC(=O)N(Cc2ccccc2Cl)[C@H](C)C(=O)NC2CCCC2)c2ccc(C)cc2)cc1. The van der Waals surface area contributed by atoms with Gasteiger partial charge in [0.2, 0.25) is 11.8 Å². The Balaban J connectivity index is 1.68. The van der Waals surface area contributed by atoms with Crippen molar-refractivity contribution >= 4 is 39.1 Å². The highest BCUT2D eigenvalue weighted by Crippen LogP contribution is 2.27. The Bertz CT molecular complexity index is 1470. The van der Waals surface area contributed by atoms with Crippen LogP contribution < -0.4 is 14.4 Å². The van der Waals surface area contributed by atoms with E-state index in [2.05, 4.69) is 5.32 Å². The highest BCUT2D eigenvalue weighted by molar-refractivity contribution is 7.92. The second-order valence-corrected chi connectivity index (χ2v) is 12.8. The largest absolute Gasteiger partial charge is 0.494 e. The van der Waals surface area contributed by atoms with Crippen molar-refractivity contribution in [3.63, 3.8) is 0 Å². The van der Waals surface area contributed by atoms with Gasteiger partial charge in [-0.05, 0) is 81.6 Å². The number of halogens is 1. The van der Waals surface area contributed by atoms with Crippen LogP contribution in [0.1, 0.15) is 50.7 Å². The topological polar surface area (TPSA) is 96.0 Å². The first-order valence-electron chi connectivity index (χ1n) is 14.3. The van der Waals surface area contributed by atoms with Gasteiger partial charge in [0, 0.05) is 17.6 Å². The maximum Gasteiger partial charge on any atom is 0.264 e. The molecule has 224 valence electrons. The average molecular weight is 612 g/mol. The second-order valence-electron chi connectivity index (χ2n) is 10.5. The van der Waals surface area contributed by atoms with E-state index in [1.807, 2.05) is 19.9 Å². The summed E-state index contributed by atoms with van der Waals surface area (Å²) in [6.45, 7) is 5.39. The number of aryl methyl sites for hydroxylation is 1. The minimum absolute atomic E-state index is 0.0176. The third-order valence-electron chi connectivity index (χ3n) is 7.49. The minimum atomic E-state index is -4.17. The predicted molar refractivity (Wildman–Crippen MR) is 165 cm³/mol. The fraction of sp³-hybridized carbons (Fsp3) is 0.375. The van der Waals surface area contributed by atoms with Gasteiger partial charge in [0.25, 0.3) is 10.0 Å². The molecule has 0 radical (unpaired) electrons. The molecule has 0 unspecified atom stereocenters. The van der Waals surface area contributed by atoms with Crippen LogP contribution in [0.3, 0.4) is 0 Å². The Kier molecular flexibility index (Phi) is 10.5. The van der Waals surface area contributed by atoms with Gasteiger partial charge in [0.15, 0.2) is 0 Å². The fourth-order valence-corrected chi connectivity index (χ4v) is 6.64. The first-order chi connectivity index (χ1) is 20.1. The lowest BCUT2D eigenvalue weighted by atomic mass is 10.1. The summed E-state index contributed by atoms with van der Waals surface area (Å²) in [5.41, 5.74) is 1.94. The van der Waals surface area contributed by atoms with E-state index in [1.165, 1.54) is 17.0 Å². The molecule has 3 aromatic carbocycles. The molecule has 1 N–H and O–H groups in total. The van der Waals surface area contributed by atoms with Crippen molar-refractivity contribution in [2.24, 2.45) is 0 Å². The minimum Gasteiger partial charge on any atom is -0.494 e. The Morgan fingerprint density at radius 3 is 2.26 bits per heavy atom. The van der Waals surface area contributed by atoms with Crippen LogP contribution >= 0.6 is 11.6 Å². The summed E-state index contributed by atoms with van der Waals surface area (Å²) in [7, 11) is -4.17. The zero-order chi connectivity index (χ0) is 30.3. The van der Waals surface area contributed by atoms with Crippen molar-refractivity contribution in [2.75, 3.05) is 17.5 Å². The van der Waals surface area contributed by atoms with Gasteiger partial charge >= 0.3 is 0 Å². The van der Waals surface area contributed by atoms with Crippen molar-refractivity contribution < 1.29 is 22.7 Å². The summed E-state index contributed by atoms with van der Waals surface area (Å²) in [5, 5.41) is 3.52. The lowest BCUT2D eigenvalue weighted by Gasteiger charge is -2.32. The molecule has 0 bridgehead atoms. The maximum absolute atomic E-state index is 14.1. The first kappa shape index (κ1) is 31.4. The number of hydrogen-bond donors (Lipinski definition) is 1. The van der Waals surface area contributed by atoms with Gasteiger partial charge in [-0.3, -0.25) is 13.9 Å². The molecule has 0 aliphatic heterocycles. The van der Waals surface area contributed by atoms with Crippen LogP contribution in [0, 0.1) is 6.92 Å². The number of sulfonamides is 1. The molecule has 10 heteroatoms. The number of carbonyl (C=O) groups is 2. The van der Waals surface area contributed by atoms with E-state index in [-0.39, 0.29) is 23.4 Å². The summed E-state index contributed by atoms with van der Waals surface area (Å²) in [5.74, 6) is -0.264. The van der Waals surface area contributed by atoms with Crippen molar-refractivity contribution in [3.05, 3.63) is 88.9 Å². The number of nitrogens with zero attached hydrogens (tertiary/aromatic N) is 2. The van der Waals surface area contributed by atoms with Crippen LogP contribution in [0.2, 0.25) is 5.02 Å². The van der Waals surface area contributed by atoms with E-state index < -0.39 is 28.5 Å². The standard InChI is InChI=1S/C32H38ClN3O5S/c1-4-41-28-17-19-29(20-18-28)42(39,40)36(27-15-13-23(2)14-16-27)22-31(37)35(21-25-9-5-8-12-30(25)33)24(3)32(38)34-26-10-6-7-11-26/h5,8-9,12-20,24,26H,4,6-7,10-11,21-22H2,1-3H3,(H,34,38)/t24-/m1/s1. The molecule has 1 atom stereocenters. The van der Waals surface area contributed by atoms with Gasteiger partial charge in [0.05, 0.1) is 17.2 Å². The van der Waals surface area contributed by atoms with Gasteiger partial charge in [-0.2, -0.15) is 0 Å². The first-order valence-corrected chi connectivity index (χ1v) is 16.1. The van der Waals surface area contributed by atoms with Crippen molar-refractivity contribution in [1.82, 2.24) is 10.2 Å². The van der Waals surface area contributed by atoms with Crippen LogP contribution in [0.15, 0.2) is 77.7 Å². The smallest absolute Gasteiger partial charge is 0.264 e. The summed E-state index contributed by atoms with van der Waals surface area (Å²) < 4.78 is 34.6. The maximum atomic E-state index is 14.1. The third kappa shape index (κ3) is 7.63. The Morgan fingerprint density at radius 2 is 1.64 bits per heavy atom. The van der Waals surface area contributed by atoms with Crippen molar-refractivity contribution in [1.29, 1.82) is 0 Å². The number of nitrogens with one attached hydrogen (secondary N) is 1. The van der Waals surface area contributed by atoms with Gasteiger partial charge in [-0.25, -0.2) is 8.42 Å². The third-order valence-corrected chi connectivity index (χ3v) is 9.65.